The zero-order valence-electron chi connectivity index (χ0n) is 17.1. The van der Waals surface area contributed by atoms with Gasteiger partial charge in [-0.3, -0.25) is 4.79 Å². The third kappa shape index (κ3) is 5.31. The number of nitrogens with zero attached hydrogens (tertiary/aromatic N) is 1. The maximum atomic E-state index is 12.6. The lowest BCUT2D eigenvalue weighted by Crippen LogP contribution is -2.43. The van der Waals surface area contributed by atoms with Crippen LogP contribution in [0, 0.1) is 17.2 Å². The van der Waals surface area contributed by atoms with E-state index < -0.39 is 0 Å². The molecule has 1 N–H and O–H groups in total. The molecule has 0 aromatic heterocycles. The van der Waals surface area contributed by atoms with E-state index in [1.54, 1.807) is 18.2 Å². The van der Waals surface area contributed by atoms with E-state index in [2.05, 4.69) is 32.2 Å². The number of carbonyl (C=O) groups is 1. The highest BCUT2D eigenvalue weighted by Gasteiger charge is 2.30. The van der Waals surface area contributed by atoms with Gasteiger partial charge in [-0.25, -0.2) is 0 Å². The summed E-state index contributed by atoms with van der Waals surface area (Å²) in [7, 11) is 0. The second-order valence-electron chi connectivity index (χ2n) is 8.15. The number of ether oxygens (including phenoxy) is 1. The van der Waals surface area contributed by atoms with E-state index >= 15 is 0 Å². The summed E-state index contributed by atoms with van der Waals surface area (Å²) in [6.45, 7) is 6.43. The van der Waals surface area contributed by atoms with Gasteiger partial charge in [0.2, 0.25) is 0 Å². The molecule has 1 aliphatic rings. The monoisotopic (exact) mass is 410 g/mol. The molecule has 2 aromatic rings. The summed E-state index contributed by atoms with van der Waals surface area (Å²) in [5.41, 5.74) is 2.38. The second-order valence-corrected chi connectivity index (χ2v) is 8.55. The van der Waals surface area contributed by atoms with Gasteiger partial charge < -0.3 is 10.1 Å². The Morgan fingerprint density at radius 1 is 1.21 bits per heavy atom. The summed E-state index contributed by atoms with van der Waals surface area (Å²) in [4.78, 5) is 12.6. The van der Waals surface area contributed by atoms with Crippen molar-refractivity contribution in [1.82, 2.24) is 5.32 Å². The van der Waals surface area contributed by atoms with Crippen LogP contribution < -0.4 is 10.1 Å². The summed E-state index contributed by atoms with van der Waals surface area (Å²) in [6.07, 6.45) is 2.66. The first-order chi connectivity index (χ1) is 13.9. The lowest BCUT2D eigenvalue weighted by Gasteiger charge is -2.34. The normalized spacial score (nSPS) is 21.4. The highest BCUT2D eigenvalue weighted by Crippen LogP contribution is 2.30. The Labute approximate surface area is 177 Å². The van der Waals surface area contributed by atoms with E-state index in [0.717, 1.165) is 19.3 Å². The third-order valence-corrected chi connectivity index (χ3v) is 5.93. The fourth-order valence-corrected chi connectivity index (χ4v) is 4.01. The summed E-state index contributed by atoms with van der Waals surface area (Å²) >= 11 is 6.10. The summed E-state index contributed by atoms with van der Waals surface area (Å²) in [5.74, 6) is 1.41. The molecule has 0 aliphatic heterocycles. The van der Waals surface area contributed by atoms with Crippen molar-refractivity contribution in [2.75, 3.05) is 0 Å². The number of nitrogens with one attached hydrogen (secondary N) is 1. The summed E-state index contributed by atoms with van der Waals surface area (Å²) in [6, 6.07) is 15.2. The number of amides is 1. The number of rotatable bonds is 5. The standard InChI is InChI=1S/C24H27ClN2O2/c1-15(2)17-4-6-18(7-5-17)24(28)27-20-9-11-23(16(3)12-20)29-21-10-8-19(14-26)22(25)13-21/h4-8,10,13,15-16,20,23H,9,11-12H2,1-3H3,(H,27,28)/t16-,20+,23+/m0/s1. The Morgan fingerprint density at radius 2 is 1.93 bits per heavy atom. The van der Waals surface area contributed by atoms with Gasteiger partial charge >= 0.3 is 0 Å². The molecule has 152 valence electrons. The van der Waals surface area contributed by atoms with Gasteiger partial charge in [0.25, 0.3) is 5.91 Å². The van der Waals surface area contributed by atoms with Crippen molar-refractivity contribution in [3.8, 4) is 11.8 Å². The molecule has 1 aliphatic carbocycles. The Bertz CT molecular complexity index is 902. The van der Waals surface area contributed by atoms with Crippen molar-refractivity contribution in [3.05, 3.63) is 64.2 Å². The van der Waals surface area contributed by atoms with Crippen molar-refractivity contribution in [2.45, 2.75) is 58.1 Å². The van der Waals surface area contributed by atoms with Gasteiger partial charge in [0, 0.05) is 17.7 Å². The van der Waals surface area contributed by atoms with Gasteiger partial charge in [-0.1, -0.05) is 44.5 Å². The molecule has 2 aromatic carbocycles. The predicted octanol–water partition coefficient (Wildman–Crippen LogP) is 5.70. The fourth-order valence-electron chi connectivity index (χ4n) is 3.80. The molecule has 5 heteroatoms. The zero-order valence-corrected chi connectivity index (χ0v) is 17.9. The van der Waals surface area contributed by atoms with Crippen LogP contribution in [0.2, 0.25) is 5.02 Å². The molecule has 0 radical (unpaired) electrons. The van der Waals surface area contributed by atoms with Gasteiger partial charge in [0.05, 0.1) is 10.6 Å². The van der Waals surface area contributed by atoms with Gasteiger partial charge in [-0.05, 0) is 60.9 Å². The third-order valence-electron chi connectivity index (χ3n) is 5.61. The van der Waals surface area contributed by atoms with Crippen molar-refractivity contribution in [3.63, 3.8) is 0 Å². The molecule has 29 heavy (non-hydrogen) atoms. The Kier molecular flexibility index (Phi) is 6.82. The zero-order chi connectivity index (χ0) is 21.0. The van der Waals surface area contributed by atoms with Crippen LogP contribution in [-0.4, -0.2) is 18.1 Å². The molecule has 0 saturated heterocycles. The first kappa shape index (κ1) is 21.2. The highest BCUT2D eigenvalue weighted by atomic mass is 35.5. The van der Waals surface area contributed by atoms with Crippen LogP contribution in [0.25, 0.3) is 0 Å². The van der Waals surface area contributed by atoms with E-state index in [9.17, 15) is 4.79 Å². The number of benzene rings is 2. The lowest BCUT2D eigenvalue weighted by atomic mass is 9.84. The molecule has 4 nitrogen and oxygen atoms in total. The summed E-state index contributed by atoms with van der Waals surface area (Å²) in [5, 5.41) is 12.6. The number of hydrogen-bond acceptors (Lipinski definition) is 3. The van der Waals surface area contributed by atoms with Crippen LogP contribution in [0.5, 0.6) is 5.75 Å². The lowest BCUT2D eigenvalue weighted by molar-refractivity contribution is 0.0761. The highest BCUT2D eigenvalue weighted by molar-refractivity contribution is 6.31. The maximum Gasteiger partial charge on any atom is 0.251 e. The fraction of sp³-hybridized carbons (Fsp3) is 0.417. The minimum atomic E-state index is -0.0178. The smallest absolute Gasteiger partial charge is 0.251 e. The van der Waals surface area contributed by atoms with Gasteiger partial charge in [-0.15, -0.1) is 0 Å². The average molecular weight is 411 g/mol. The molecule has 3 rings (SSSR count). The van der Waals surface area contributed by atoms with Crippen molar-refractivity contribution in [1.29, 1.82) is 5.26 Å². The Morgan fingerprint density at radius 3 is 2.52 bits per heavy atom. The van der Waals surface area contributed by atoms with E-state index in [1.165, 1.54) is 5.56 Å². The number of hydrogen-bond donors (Lipinski definition) is 1. The molecule has 0 bridgehead atoms. The van der Waals surface area contributed by atoms with Crippen molar-refractivity contribution < 1.29 is 9.53 Å². The predicted molar refractivity (Wildman–Crippen MR) is 115 cm³/mol. The number of nitriles is 1. The van der Waals surface area contributed by atoms with Crippen LogP contribution in [0.15, 0.2) is 42.5 Å². The Hall–Kier alpha value is -2.51. The van der Waals surface area contributed by atoms with Crippen LogP contribution >= 0.6 is 11.6 Å². The quantitative estimate of drug-likeness (QED) is 0.687. The van der Waals surface area contributed by atoms with E-state index in [4.69, 9.17) is 21.6 Å². The van der Waals surface area contributed by atoms with Crippen molar-refractivity contribution >= 4 is 17.5 Å². The van der Waals surface area contributed by atoms with Gasteiger partial charge in [-0.2, -0.15) is 5.26 Å². The minimum Gasteiger partial charge on any atom is -0.490 e. The molecule has 3 atom stereocenters. The second kappa shape index (κ2) is 9.33. The van der Waals surface area contributed by atoms with E-state index in [-0.39, 0.29) is 18.1 Å². The van der Waals surface area contributed by atoms with Crippen LogP contribution in [0.1, 0.15) is 67.4 Å². The first-order valence-electron chi connectivity index (χ1n) is 10.1. The molecular formula is C24H27ClN2O2. The largest absolute Gasteiger partial charge is 0.490 e. The maximum absolute atomic E-state index is 12.6. The summed E-state index contributed by atoms with van der Waals surface area (Å²) < 4.78 is 6.11. The molecule has 0 unspecified atom stereocenters. The number of carbonyl (C=O) groups excluding carboxylic acids is 1. The van der Waals surface area contributed by atoms with Crippen molar-refractivity contribution in [2.24, 2.45) is 5.92 Å². The van der Waals surface area contributed by atoms with E-state index in [1.807, 2.05) is 24.3 Å². The van der Waals surface area contributed by atoms with Crippen LogP contribution in [0.3, 0.4) is 0 Å². The van der Waals surface area contributed by atoms with Gasteiger partial charge in [0.15, 0.2) is 0 Å². The van der Waals surface area contributed by atoms with Crippen LogP contribution in [0.4, 0.5) is 0 Å². The number of halogens is 1. The SMILES string of the molecule is CC(C)c1ccc(C(=O)N[C@@H]2CC[C@@H](Oc3ccc(C#N)c(Cl)c3)[C@@H](C)C2)cc1. The average Bonchev–Trinajstić information content (AvgIpc) is 2.70. The first-order valence-corrected chi connectivity index (χ1v) is 10.5. The van der Waals surface area contributed by atoms with Crippen LogP contribution in [-0.2, 0) is 0 Å². The molecule has 1 saturated carbocycles. The minimum absolute atomic E-state index is 0.0178. The molecule has 0 heterocycles. The molecule has 1 amide bonds. The molecule has 1 fully saturated rings. The topological polar surface area (TPSA) is 62.1 Å². The van der Waals surface area contributed by atoms with Gasteiger partial charge in [0.1, 0.15) is 17.9 Å². The molecule has 0 spiro atoms. The molecular weight excluding hydrogens is 384 g/mol. The Balaban J connectivity index is 1.55. The van der Waals surface area contributed by atoms with E-state index in [0.29, 0.717) is 33.7 Å².